The molecular formula is C12H21NO3. The minimum atomic E-state index is -0.950. The molecule has 1 atom stereocenters. The Kier molecular flexibility index (Phi) is 3.94. The summed E-state index contributed by atoms with van der Waals surface area (Å²) in [5.41, 5.74) is -0.289. The second kappa shape index (κ2) is 4.85. The summed E-state index contributed by atoms with van der Waals surface area (Å²) in [5, 5.41) is 11.7. The summed E-state index contributed by atoms with van der Waals surface area (Å²) >= 11 is 0. The van der Waals surface area contributed by atoms with Crippen molar-refractivity contribution in [2.24, 2.45) is 11.3 Å². The maximum Gasteiger partial charge on any atom is 0.326 e. The molecule has 0 aromatic carbocycles. The Morgan fingerprint density at radius 3 is 2.19 bits per heavy atom. The molecule has 0 saturated heterocycles. The van der Waals surface area contributed by atoms with Crippen molar-refractivity contribution in [1.82, 2.24) is 5.32 Å². The molecule has 16 heavy (non-hydrogen) atoms. The summed E-state index contributed by atoms with van der Waals surface area (Å²) in [7, 11) is 0. The highest BCUT2D eigenvalue weighted by atomic mass is 16.4. The average molecular weight is 227 g/mol. The fourth-order valence-corrected chi connectivity index (χ4v) is 2.15. The first-order chi connectivity index (χ1) is 7.43. The summed E-state index contributed by atoms with van der Waals surface area (Å²) in [5.74, 6) is -1.12. The lowest BCUT2D eigenvalue weighted by molar-refractivity contribution is -0.147. The van der Waals surface area contributed by atoms with Gasteiger partial charge in [-0.25, -0.2) is 4.79 Å². The number of aliphatic carboxylic acids is 1. The number of hydrogen-bond donors (Lipinski definition) is 2. The van der Waals surface area contributed by atoms with E-state index < -0.39 is 12.0 Å². The quantitative estimate of drug-likeness (QED) is 0.752. The van der Waals surface area contributed by atoms with E-state index in [2.05, 4.69) is 5.32 Å². The van der Waals surface area contributed by atoms with Crippen molar-refractivity contribution in [2.45, 2.75) is 52.5 Å². The first-order valence-corrected chi connectivity index (χ1v) is 5.97. The second-order valence-electron chi connectivity index (χ2n) is 5.02. The lowest BCUT2D eigenvalue weighted by Crippen LogP contribution is -2.52. The van der Waals surface area contributed by atoms with Crippen molar-refractivity contribution in [3.63, 3.8) is 0 Å². The van der Waals surface area contributed by atoms with Crippen molar-refractivity contribution >= 4 is 11.9 Å². The van der Waals surface area contributed by atoms with E-state index in [0.717, 1.165) is 25.7 Å². The predicted octanol–water partition coefficient (Wildman–Crippen LogP) is 1.79. The van der Waals surface area contributed by atoms with E-state index in [4.69, 9.17) is 5.11 Å². The van der Waals surface area contributed by atoms with Gasteiger partial charge in [-0.2, -0.15) is 0 Å². The van der Waals surface area contributed by atoms with E-state index in [1.807, 2.05) is 6.92 Å². The molecule has 1 aliphatic carbocycles. The van der Waals surface area contributed by atoms with Crippen LogP contribution in [0.5, 0.6) is 0 Å². The van der Waals surface area contributed by atoms with E-state index in [1.54, 1.807) is 13.8 Å². The third-order valence-corrected chi connectivity index (χ3v) is 3.69. The van der Waals surface area contributed by atoms with Crippen LogP contribution in [0.15, 0.2) is 0 Å². The molecule has 1 aliphatic rings. The lowest BCUT2D eigenvalue weighted by Gasteiger charge is -2.40. The number of nitrogens with one attached hydrogen (secondary N) is 1. The number of rotatable bonds is 5. The first-order valence-electron chi connectivity index (χ1n) is 5.97. The minimum Gasteiger partial charge on any atom is -0.480 e. The van der Waals surface area contributed by atoms with Gasteiger partial charge in [0, 0.05) is 5.41 Å². The van der Waals surface area contributed by atoms with E-state index in [0.29, 0.717) is 0 Å². The fourth-order valence-electron chi connectivity index (χ4n) is 2.15. The Hall–Kier alpha value is -1.06. The Labute approximate surface area is 96.4 Å². The Morgan fingerprint density at radius 2 is 1.94 bits per heavy atom. The van der Waals surface area contributed by atoms with Gasteiger partial charge in [0.25, 0.3) is 0 Å². The molecule has 0 heterocycles. The molecule has 1 unspecified atom stereocenters. The third kappa shape index (κ3) is 2.36. The van der Waals surface area contributed by atoms with Crippen LogP contribution in [0.1, 0.15) is 46.5 Å². The number of carboxylic acid groups (broad SMARTS) is 1. The molecule has 0 radical (unpaired) electrons. The van der Waals surface area contributed by atoms with Crippen molar-refractivity contribution in [3.05, 3.63) is 0 Å². The zero-order valence-corrected chi connectivity index (χ0v) is 10.2. The maximum atomic E-state index is 12.0. The SMILES string of the molecule is CCC1(C(=O)NC(C(=O)O)C(C)C)CCC1. The van der Waals surface area contributed by atoms with Crippen LogP contribution in [0.2, 0.25) is 0 Å². The number of amides is 1. The number of hydrogen-bond acceptors (Lipinski definition) is 2. The molecule has 1 amide bonds. The van der Waals surface area contributed by atoms with Crippen LogP contribution < -0.4 is 5.32 Å². The number of carbonyl (C=O) groups is 2. The summed E-state index contributed by atoms with van der Waals surface area (Å²) in [6, 6.07) is -0.767. The molecular weight excluding hydrogens is 206 g/mol. The number of carboxylic acids is 1. The highest BCUT2D eigenvalue weighted by Crippen LogP contribution is 2.44. The van der Waals surface area contributed by atoms with E-state index in [9.17, 15) is 9.59 Å². The molecule has 2 N–H and O–H groups in total. The topological polar surface area (TPSA) is 66.4 Å². The zero-order chi connectivity index (χ0) is 12.3. The molecule has 1 rings (SSSR count). The van der Waals surface area contributed by atoms with Crippen molar-refractivity contribution in [1.29, 1.82) is 0 Å². The van der Waals surface area contributed by atoms with E-state index in [1.165, 1.54) is 0 Å². The van der Waals surface area contributed by atoms with Gasteiger partial charge in [-0.15, -0.1) is 0 Å². The van der Waals surface area contributed by atoms with Gasteiger partial charge in [-0.05, 0) is 25.2 Å². The third-order valence-electron chi connectivity index (χ3n) is 3.69. The summed E-state index contributed by atoms with van der Waals surface area (Å²) in [4.78, 5) is 23.0. The zero-order valence-electron chi connectivity index (χ0n) is 10.2. The monoisotopic (exact) mass is 227 g/mol. The van der Waals surface area contributed by atoms with Crippen LogP contribution in [0.3, 0.4) is 0 Å². The first kappa shape index (κ1) is 13.0. The summed E-state index contributed by atoms with van der Waals surface area (Å²) < 4.78 is 0. The van der Waals surface area contributed by atoms with Crippen molar-refractivity contribution in [3.8, 4) is 0 Å². The molecule has 1 saturated carbocycles. The minimum absolute atomic E-state index is 0.0812. The molecule has 1 fully saturated rings. The normalized spacial score (nSPS) is 20.0. The fraction of sp³-hybridized carbons (Fsp3) is 0.833. The summed E-state index contributed by atoms with van der Waals surface area (Å²) in [6.07, 6.45) is 3.64. The van der Waals surface area contributed by atoms with Crippen LogP contribution in [0.25, 0.3) is 0 Å². The highest BCUT2D eigenvalue weighted by Gasteiger charge is 2.43. The summed E-state index contributed by atoms with van der Waals surface area (Å²) in [6.45, 7) is 5.60. The molecule has 4 nitrogen and oxygen atoms in total. The van der Waals surface area contributed by atoms with Gasteiger partial charge in [0.2, 0.25) is 5.91 Å². The van der Waals surface area contributed by atoms with Crippen LogP contribution in [0.4, 0.5) is 0 Å². The van der Waals surface area contributed by atoms with Gasteiger partial charge in [0.15, 0.2) is 0 Å². The molecule has 4 heteroatoms. The molecule has 0 spiro atoms. The van der Waals surface area contributed by atoms with Gasteiger partial charge in [-0.3, -0.25) is 4.79 Å². The number of carbonyl (C=O) groups excluding carboxylic acids is 1. The van der Waals surface area contributed by atoms with Crippen molar-refractivity contribution in [2.75, 3.05) is 0 Å². The Bertz CT molecular complexity index is 276. The van der Waals surface area contributed by atoms with Crippen LogP contribution in [0, 0.1) is 11.3 Å². The van der Waals surface area contributed by atoms with Crippen LogP contribution >= 0.6 is 0 Å². The average Bonchev–Trinajstić information content (AvgIpc) is 2.12. The largest absolute Gasteiger partial charge is 0.480 e. The molecule has 0 aromatic rings. The molecule has 92 valence electrons. The van der Waals surface area contributed by atoms with E-state index in [-0.39, 0.29) is 17.2 Å². The van der Waals surface area contributed by atoms with Gasteiger partial charge in [0.05, 0.1) is 0 Å². The van der Waals surface area contributed by atoms with Gasteiger partial charge >= 0.3 is 5.97 Å². The predicted molar refractivity (Wildman–Crippen MR) is 61.0 cm³/mol. The van der Waals surface area contributed by atoms with Gasteiger partial charge < -0.3 is 10.4 Å². The highest BCUT2D eigenvalue weighted by molar-refractivity contribution is 5.88. The van der Waals surface area contributed by atoms with Crippen molar-refractivity contribution < 1.29 is 14.7 Å². The maximum absolute atomic E-state index is 12.0. The van der Waals surface area contributed by atoms with Crippen LogP contribution in [-0.4, -0.2) is 23.0 Å². The Balaban J connectivity index is 2.65. The standard InChI is InChI=1S/C12H21NO3/c1-4-12(6-5-7-12)11(16)13-9(8(2)3)10(14)15/h8-9H,4-7H2,1-3H3,(H,13,16)(H,14,15). The molecule has 0 aromatic heterocycles. The smallest absolute Gasteiger partial charge is 0.326 e. The van der Waals surface area contributed by atoms with E-state index >= 15 is 0 Å². The second-order valence-corrected chi connectivity index (χ2v) is 5.02. The molecule has 0 aliphatic heterocycles. The van der Waals surface area contributed by atoms with Crippen LogP contribution in [-0.2, 0) is 9.59 Å². The lowest BCUT2D eigenvalue weighted by atomic mass is 9.66. The molecule has 0 bridgehead atoms. The Morgan fingerprint density at radius 1 is 1.38 bits per heavy atom. The van der Waals surface area contributed by atoms with Gasteiger partial charge in [0.1, 0.15) is 6.04 Å². The van der Waals surface area contributed by atoms with Gasteiger partial charge in [-0.1, -0.05) is 27.2 Å².